The fraction of sp³-hybridized carbons (Fsp3) is 0.111. The maximum Gasteiger partial charge on any atom is 0.0780 e. The summed E-state index contributed by atoms with van der Waals surface area (Å²) in [6.07, 6.45) is 1.90. The summed E-state index contributed by atoms with van der Waals surface area (Å²) in [6, 6.07) is 25.7. The number of fused-ring (bicyclic) bond motifs is 3. The molecule has 5 rings (SSSR count). The van der Waals surface area contributed by atoms with Gasteiger partial charge in [-0.1, -0.05) is 54.1 Å². The quantitative estimate of drug-likeness (QED) is 0.310. The Labute approximate surface area is 170 Å². The van der Waals surface area contributed by atoms with E-state index in [1.807, 2.05) is 6.20 Å². The molecule has 0 amide bonds. The van der Waals surface area contributed by atoms with Crippen LogP contribution < -0.4 is 0 Å². The summed E-state index contributed by atoms with van der Waals surface area (Å²) in [5, 5.41) is 3.51. The third-order valence-electron chi connectivity index (χ3n) is 5.68. The first kappa shape index (κ1) is 17.6. The van der Waals surface area contributed by atoms with Gasteiger partial charge in [0.15, 0.2) is 0 Å². The van der Waals surface area contributed by atoms with Gasteiger partial charge < -0.3 is 0 Å². The van der Waals surface area contributed by atoms with Gasteiger partial charge in [-0.3, -0.25) is 4.98 Å². The Hall–Kier alpha value is -3.52. The fourth-order valence-corrected chi connectivity index (χ4v) is 4.17. The Kier molecular flexibility index (Phi) is 4.13. The van der Waals surface area contributed by atoms with E-state index in [4.69, 9.17) is 4.98 Å². The monoisotopic (exact) mass is 374 g/mol. The standard InChI is InChI=1S/C27H22N2/c1-17-7-9-20(10-8-17)27-23-12-13-24-22(21(23)15-16-28-27)11-14-25(29-24)26-18(2)5-4-6-19(26)3/h4-16H,1-3H3. The lowest BCUT2D eigenvalue weighted by molar-refractivity contribution is 1.32. The summed E-state index contributed by atoms with van der Waals surface area (Å²) in [7, 11) is 0. The van der Waals surface area contributed by atoms with Crippen molar-refractivity contribution in [1.82, 2.24) is 9.97 Å². The topological polar surface area (TPSA) is 25.8 Å². The van der Waals surface area contributed by atoms with Crippen molar-refractivity contribution in [2.75, 3.05) is 0 Å². The van der Waals surface area contributed by atoms with Gasteiger partial charge in [-0.05, 0) is 61.5 Å². The first-order valence-corrected chi connectivity index (χ1v) is 9.94. The summed E-state index contributed by atoms with van der Waals surface area (Å²) in [5.74, 6) is 0. The molecule has 0 aliphatic carbocycles. The number of pyridine rings is 2. The summed E-state index contributed by atoms with van der Waals surface area (Å²) in [5.41, 5.74) is 9.18. The SMILES string of the molecule is Cc1ccc(-c2nccc3c2ccc2nc(-c4c(C)cccc4C)ccc23)cc1. The molecule has 140 valence electrons. The van der Waals surface area contributed by atoms with Crippen LogP contribution in [0.25, 0.3) is 44.2 Å². The lowest BCUT2D eigenvalue weighted by atomic mass is 9.97. The minimum atomic E-state index is 1.01. The number of hydrogen-bond acceptors (Lipinski definition) is 2. The number of aryl methyl sites for hydroxylation is 3. The lowest BCUT2D eigenvalue weighted by Crippen LogP contribution is -1.93. The summed E-state index contributed by atoms with van der Waals surface area (Å²) >= 11 is 0. The van der Waals surface area contributed by atoms with E-state index in [1.54, 1.807) is 0 Å². The van der Waals surface area contributed by atoms with Crippen LogP contribution in [0.4, 0.5) is 0 Å². The van der Waals surface area contributed by atoms with E-state index in [2.05, 4.69) is 98.6 Å². The van der Waals surface area contributed by atoms with E-state index in [0.717, 1.165) is 33.2 Å². The molecule has 5 aromatic rings. The van der Waals surface area contributed by atoms with Crippen LogP contribution in [-0.2, 0) is 0 Å². The molecule has 3 aromatic carbocycles. The molecule has 2 nitrogen and oxygen atoms in total. The smallest absolute Gasteiger partial charge is 0.0780 e. The van der Waals surface area contributed by atoms with Crippen LogP contribution in [0.5, 0.6) is 0 Å². The molecule has 0 aliphatic heterocycles. The first-order chi connectivity index (χ1) is 14.1. The molecule has 0 saturated carbocycles. The lowest BCUT2D eigenvalue weighted by Gasteiger charge is -2.12. The first-order valence-electron chi connectivity index (χ1n) is 9.94. The van der Waals surface area contributed by atoms with Crippen molar-refractivity contribution in [3.63, 3.8) is 0 Å². The zero-order chi connectivity index (χ0) is 20.0. The Morgan fingerprint density at radius 3 is 2.10 bits per heavy atom. The largest absolute Gasteiger partial charge is 0.256 e. The maximum absolute atomic E-state index is 5.01. The molecule has 0 fully saturated rings. The van der Waals surface area contributed by atoms with Crippen molar-refractivity contribution < 1.29 is 0 Å². The van der Waals surface area contributed by atoms with Gasteiger partial charge in [0.1, 0.15) is 0 Å². The average Bonchev–Trinajstić information content (AvgIpc) is 2.73. The molecule has 0 atom stereocenters. The third kappa shape index (κ3) is 2.98. The molecule has 0 aliphatic rings. The maximum atomic E-state index is 5.01. The molecule has 0 N–H and O–H groups in total. The van der Waals surface area contributed by atoms with Crippen LogP contribution in [0.15, 0.2) is 79.0 Å². The van der Waals surface area contributed by atoms with E-state index >= 15 is 0 Å². The molecule has 29 heavy (non-hydrogen) atoms. The minimum absolute atomic E-state index is 1.01. The summed E-state index contributed by atoms with van der Waals surface area (Å²) in [6.45, 7) is 6.40. The van der Waals surface area contributed by atoms with Gasteiger partial charge in [0, 0.05) is 28.1 Å². The van der Waals surface area contributed by atoms with Crippen LogP contribution in [0.3, 0.4) is 0 Å². The van der Waals surface area contributed by atoms with Crippen molar-refractivity contribution in [1.29, 1.82) is 0 Å². The Morgan fingerprint density at radius 1 is 0.621 bits per heavy atom. The van der Waals surface area contributed by atoms with Gasteiger partial charge in [0.2, 0.25) is 0 Å². The van der Waals surface area contributed by atoms with Gasteiger partial charge >= 0.3 is 0 Å². The van der Waals surface area contributed by atoms with Crippen LogP contribution >= 0.6 is 0 Å². The number of nitrogens with zero attached hydrogens (tertiary/aromatic N) is 2. The van der Waals surface area contributed by atoms with E-state index in [-0.39, 0.29) is 0 Å². The average molecular weight is 374 g/mol. The number of hydrogen-bond donors (Lipinski definition) is 0. The van der Waals surface area contributed by atoms with Gasteiger partial charge in [-0.15, -0.1) is 0 Å². The van der Waals surface area contributed by atoms with Gasteiger partial charge in [0.25, 0.3) is 0 Å². The zero-order valence-electron chi connectivity index (χ0n) is 16.9. The minimum Gasteiger partial charge on any atom is -0.256 e. The summed E-state index contributed by atoms with van der Waals surface area (Å²) in [4.78, 5) is 9.69. The van der Waals surface area contributed by atoms with Crippen LogP contribution in [0.2, 0.25) is 0 Å². The predicted octanol–water partition coefficient (Wildman–Crippen LogP) is 7.04. The molecule has 0 saturated heterocycles. The number of aromatic nitrogens is 2. The molecule has 0 bridgehead atoms. The Morgan fingerprint density at radius 2 is 1.34 bits per heavy atom. The van der Waals surface area contributed by atoms with Crippen molar-refractivity contribution in [2.24, 2.45) is 0 Å². The van der Waals surface area contributed by atoms with E-state index in [9.17, 15) is 0 Å². The van der Waals surface area contributed by atoms with Crippen molar-refractivity contribution in [3.8, 4) is 22.5 Å². The second-order valence-corrected chi connectivity index (χ2v) is 7.72. The van der Waals surface area contributed by atoms with Gasteiger partial charge in [-0.2, -0.15) is 0 Å². The highest BCUT2D eigenvalue weighted by Gasteiger charge is 2.11. The van der Waals surface area contributed by atoms with Crippen LogP contribution in [-0.4, -0.2) is 9.97 Å². The van der Waals surface area contributed by atoms with Crippen LogP contribution in [0.1, 0.15) is 16.7 Å². The zero-order valence-corrected chi connectivity index (χ0v) is 16.9. The van der Waals surface area contributed by atoms with E-state index in [0.29, 0.717) is 0 Å². The fourth-order valence-electron chi connectivity index (χ4n) is 4.17. The Balaban J connectivity index is 1.72. The van der Waals surface area contributed by atoms with Crippen molar-refractivity contribution >= 4 is 21.7 Å². The highest BCUT2D eigenvalue weighted by molar-refractivity contribution is 6.10. The molecular weight excluding hydrogens is 352 g/mol. The molecule has 2 heteroatoms. The number of benzene rings is 3. The Bertz CT molecular complexity index is 1350. The highest BCUT2D eigenvalue weighted by atomic mass is 14.7. The van der Waals surface area contributed by atoms with E-state index in [1.165, 1.54) is 27.6 Å². The van der Waals surface area contributed by atoms with Gasteiger partial charge in [-0.25, -0.2) is 4.98 Å². The predicted molar refractivity (Wildman–Crippen MR) is 122 cm³/mol. The summed E-state index contributed by atoms with van der Waals surface area (Å²) < 4.78 is 0. The van der Waals surface area contributed by atoms with Crippen LogP contribution in [0, 0.1) is 20.8 Å². The molecule has 2 aromatic heterocycles. The molecular formula is C27H22N2. The van der Waals surface area contributed by atoms with Gasteiger partial charge in [0.05, 0.1) is 16.9 Å². The second-order valence-electron chi connectivity index (χ2n) is 7.72. The third-order valence-corrected chi connectivity index (χ3v) is 5.68. The molecule has 0 unspecified atom stereocenters. The van der Waals surface area contributed by atoms with Crippen molar-refractivity contribution in [2.45, 2.75) is 20.8 Å². The molecule has 0 radical (unpaired) electrons. The molecule has 0 spiro atoms. The number of rotatable bonds is 2. The second kappa shape index (κ2) is 6.82. The van der Waals surface area contributed by atoms with E-state index < -0.39 is 0 Å². The normalized spacial score (nSPS) is 11.3. The van der Waals surface area contributed by atoms with Crippen molar-refractivity contribution in [3.05, 3.63) is 95.7 Å². The molecule has 2 heterocycles. The highest BCUT2D eigenvalue weighted by Crippen LogP contribution is 2.33.